The third-order valence-electron chi connectivity index (χ3n) is 4.58. The van der Waals surface area contributed by atoms with Crippen molar-refractivity contribution in [3.8, 4) is 5.75 Å². The van der Waals surface area contributed by atoms with Gasteiger partial charge in [-0.3, -0.25) is 4.79 Å². The smallest absolute Gasteiger partial charge is 0.255 e. The van der Waals surface area contributed by atoms with Crippen molar-refractivity contribution in [3.63, 3.8) is 0 Å². The summed E-state index contributed by atoms with van der Waals surface area (Å²) in [6, 6.07) is 17.0. The topological polar surface area (TPSA) is 55.6 Å². The molecule has 1 amide bonds. The average Bonchev–Trinajstić information content (AvgIpc) is 3.13. The van der Waals surface area contributed by atoms with Gasteiger partial charge in [0.1, 0.15) is 18.0 Å². The summed E-state index contributed by atoms with van der Waals surface area (Å²) in [7, 11) is 0. The number of hydrogen-bond acceptors (Lipinski definition) is 3. The maximum Gasteiger partial charge on any atom is 0.255 e. The number of nitrogens with zero attached hydrogens (tertiary/aromatic N) is 2. The van der Waals surface area contributed by atoms with Gasteiger partial charge in [0.25, 0.3) is 5.91 Å². The minimum atomic E-state index is -0.191. The summed E-state index contributed by atoms with van der Waals surface area (Å²) < 4.78 is 8.71. The minimum absolute atomic E-state index is 0.191. The van der Waals surface area contributed by atoms with Crippen LogP contribution >= 0.6 is 15.9 Å². The summed E-state index contributed by atoms with van der Waals surface area (Å²) in [6.45, 7) is 4.36. The number of halogens is 1. The van der Waals surface area contributed by atoms with Crippen LogP contribution in [0.1, 0.15) is 27.2 Å². The molecule has 0 spiro atoms. The third-order valence-corrected chi connectivity index (χ3v) is 5.24. The van der Waals surface area contributed by atoms with Crippen molar-refractivity contribution >= 4 is 33.2 Å². The number of anilines is 1. The van der Waals surface area contributed by atoms with E-state index in [4.69, 9.17) is 4.74 Å². The van der Waals surface area contributed by atoms with E-state index in [-0.39, 0.29) is 5.91 Å². The van der Waals surface area contributed by atoms with Gasteiger partial charge in [0.05, 0.1) is 11.4 Å². The normalized spacial score (nSPS) is 10.9. The number of amides is 1. The summed E-state index contributed by atoms with van der Waals surface area (Å²) in [6.07, 6.45) is 3.92. The Bertz CT molecular complexity index is 1200. The molecule has 2 heterocycles. The van der Waals surface area contributed by atoms with Crippen LogP contribution in [-0.4, -0.2) is 15.3 Å². The van der Waals surface area contributed by atoms with Crippen LogP contribution in [0.3, 0.4) is 0 Å². The summed E-state index contributed by atoms with van der Waals surface area (Å²) in [5.74, 6) is 0.428. The number of ether oxygens (including phenoxy) is 1. The van der Waals surface area contributed by atoms with Crippen LogP contribution in [-0.2, 0) is 6.61 Å². The number of hydrogen-bond donors (Lipinski definition) is 1. The molecule has 0 atom stereocenters. The Hall–Kier alpha value is -3.12. The van der Waals surface area contributed by atoms with Gasteiger partial charge < -0.3 is 14.5 Å². The molecule has 6 heteroatoms. The average molecular weight is 450 g/mol. The fraction of sp³-hybridized carbons (Fsp3) is 0.130. The van der Waals surface area contributed by atoms with Gasteiger partial charge in [0.15, 0.2) is 0 Å². The molecule has 0 saturated heterocycles. The van der Waals surface area contributed by atoms with Gasteiger partial charge in [-0.1, -0.05) is 18.2 Å². The van der Waals surface area contributed by atoms with Crippen molar-refractivity contribution in [3.05, 3.63) is 93.8 Å². The first-order valence-electron chi connectivity index (χ1n) is 9.23. The molecule has 2 aromatic carbocycles. The molecular weight excluding hydrogens is 430 g/mol. The van der Waals surface area contributed by atoms with Crippen molar-refractivity contribution in [1.29, 1.82) is 0 Å². The molecule has 5 nitrogen and oxygen atoms in total. The molecule has 29 heavy (non-hydrogen) atoms. The van der Waals surface area contributed by atoms with E-state index >= 15 is 0 Å². The molecule has 0 aliphatic rings. The number of carbonyl (C=O) groups excluding carboxylic acids is 1. The lowest BCUT2D eigenvalue weighted by Crippen LogP contribution is -2.12. The number of aromatic nitrogens is 2. The highest BCUT2D eigenvalue weighted by Gasteiger charge is 2.10. The van der Waals surface area contributed by atoms with E-state index in [0.717, 1.165) is 32.6 Å². The van der Waals surface area contributed by atoms with Gasteiger partial charge in [0, 0.05) is 22.4 Å². The van der Waals surface area contributed by atoms with Crippen LogP contribution in [0, 0.1) is 13.8 Å². The van der Waals surface area contributed by atoms with Gasteiger partial charge >= 0.3 is 0 Å². The molecule has 0 unspecified atom stereocenters. The lowest BCUT2D eigenvalue weighted by atomic mass is 10.2. The van der Waals surface area contributed by atoms with Crippen LogP contribution < -0.4 is 10.1 Å². The maximum absolute atomic E-state index is 12.6. The predicted molar refractivity (Wildman–Crippen MR) is 118 cm³/mol. The fourth-order valence-corrected chi connectivity index (χ4v) is 3.67. The number of nitrogens with one attached hydrogen (secondary N) is 1. The number of carbonyl (C=O) groups is 1. The number of imidazole rings is 1. The zero-order valence-electron chi connectivity index (χ0n) is 16.1. The monoisotopic (exact) mass is 449 g/mol. The highest BCUT2D eigenvalue weighted by molar-refractivity contribution is 9.10. The molecule has 0 saturated carbocycles. The van der Waals surface area contributed by atoms with E-state index in [2.05, 4.69) is 26.2 Å². The van der Waals surface area contributed by atoms with Gasteiger partial charge in [-0.25, -0.2) is 4.98 Å². The van der Waals surface area contributed by atoms with Gasteiger partial charge in [-0.2, -0.15) is 0 Å². The molecule has 0 bridgehead atoms. The van der Waals surface area contributed by atoms with Crippen LogP contribution in [0.5, 0.6) is 5.75 Å². The predicted octanol–water partition coefficient (Wildman–Crippen LogP) is 5.54. The SMILES string of the molecule is Cc1ccc(NC(=O)c2cccc(OCc3cn4cccc(C)c4n3)c2)c(Br)c1. The Morgan fingerprint density at radius 3 is 2.79 bits per heavy atom. The number of fused-ring (bicyclic) bond motifs is 1. The lowest BCUT2D eigenvalue weighted by Gasteiger charge is -2.10. The summed E-state index contributed by atoms with van der Waals surface area (Å²) in [4.78, 5) is 17.2. The van der Waals surface area contributed by atoms with Crippen LogP contribution in [0.25, 0.3) is 5.65 Å². The van der Waals surface area contributed by atoms with E-state index in [1.165, 1.54) is 0 Å². The standard InChI is InChI=1S/C23H20BrN3O2/c1-15-8-9-21(20(24)11-15)26-23(28)17-6-3-7-19(12-17)29-14-18-13-27-10-4-5-16(2)22(27)25-18/h3-13H,14H2,1-2H3,(H,26,28). The van der Waals surface area contributed by atoms with Crippen molar-refractivity contribution in [1.82, 2.24) is 9.38 Å². The van der Waals surface area contributed by atoms with Crippen molar-refractivity contribution in [2.75, 3.05) is 5.32 Å². The molecule has 1 N–H and O–H groups in total. The lowest BCUT2D eigenvalue weighted by molar-refractivity contribution is 0.102. The Balaban J connectivity index is 1.46. The van der Waals surface area contributed by atoms with Gasteiger partial charge in [-0.05, 0) is 77.3 Å². The molecule has 0 radical (unpaired) electrons. The van der Waals surface area contributed by atoms with Crippen LogP contribution in [0.4, 0.5) is 5.69 Å². The molecule has 146 valence electrons. The second kappa shape index (κ2) is 8.09. The maximum atomic E-state index is 12.6. The first-order valence-corrected chi connectivity index (χ1v) is 10.0. The van der Waals surface area contributed by atoms with E-state index in [1.54, 1.807) is 12.1 Å². The minimum Gasteiger partial charge on any atom is -0.487 e. The number of aryl methyl sites for hydroxylation is 2. The Kier molecular flexibility index (Phi) is 5.36. The molecular formula is C23H20BrN3O2. The van der Waals surface area contributed by atoms with E-state index in [9.17, 15) is 4.79 Å². The van der Waals surface area contributed by atoms with Crippen LogP contribution in [0.15, 0.2) is 71.5 Å². The molecule has 4 aromatic rings. The number of rotatable bonds is 5. The summed E-state index contributed by atoms with van der Waals surface area (Å²) >= 11 is 3.48. The Labute approximate surface area is 177 Å². The fourth-order valence-electron chi connectivity index (χ4n) is 3.07. The van der Waals surface area contributed by atoms with Crippen molar-refractivity contribution in [2.45, 2.75) is 20.5 Å². The van der Waals surface area contributed by atoms with E-state index in [0.29, 0.717) is 17.9 Å². The highest BCUT2D eigenvalue weighted by Crippen LogP contribution is 2.24. The Morgan fingerprint density at radius 1 is 1.14 bits per heavy atom. The summed E-state index contributed by atoms with van der Waals surface area (Å²) in [5.41, 5.74) is 5.24. The van der Waals surface area contributed by atoms with Gasteiger partial charge in [-0.15, -0.1) is 0 Å². The third kappa shape index (κ3) is 4.32. The van der Waals surface area contributed by atoms with Crippen molar-refractivity contribution in [2.24, 2.45) is 0 Å². The molecule has 0 fully saturated rings. The zero-order chi connectivity index (χ0) is 20.4. The molecule has 2 aromatic heterocycles. The Morgan fingerprint density at radius 2 is 2.00 bits per heavy atom. The van der Waals surface area contributed by atoms with E-state index in [1.807, 2.05) is 73.1 Å². The van der Waals surface area contributed by atoms with Crippen LogP contribution in [0.2, 0.25) is 0 Å². The summed E-state index contributed by atoms with van der Waals surface area (Å²) in [5, 5.41) is 2.92. The molecule has 0 aliphatic carbocycles. The second-order valence-electron chi connectivity index (χ2n) is 6.91. The highest BCUT2D eigenvalue weighted by atomic mass is 79.9. The second-order valence-corrected chi connectivity index (χ2v) is 7.76. The quantitative estimate of drug-likeness (QED) is 0.434. The molecule has 0 aliphatic heterocycles. The van der Waals surface area contributed by atoms with Crippen molar-refractivity contribution < 1.29 is 9.53 Å². The zero-order valence-corrected chi connectivity index (χ0v) is 17.7. The first kappa shape index (κ1) is 19.2. The van der Waals surface area contributed by atoms with Gasteiger partial charge in [0.2, 0.25) is 0 Å². The first-order chi connectivity index (χ1) is 14.0. The number of pyridine rings is 1. The largest absolute Gasteiger partial charge is 0.487 e. The number of benzene rings is 2. The molecule has 4 rings (SSSR count). The van der Waals surface area contributed by atoms with E-state index < -0.39 is 0 Å².